The van der Waals surface area contributed by atoms with Gasteiger partial charge < -0.3 is 15.7 Å². The van der Waals surface area contributed by atoms with Crippen molar-refractivity contribution >= 4 is 23.6 Å². The van der Waals surface area contributed by atoms with Crippen molar-refractivity contribution in [2.24, 2.45) is 0 Å². The Labute approximate surface area is 155 Å². The molecule has 2 aromatic rings. The first-order valence-corrected chi connectivity index (χ1v) is 8.47. The lowest BCUT2D eigenvalue weighted by Gasteiger charge is -2.15. The van der Waals surface area contributed by atoms with Crippen LogP contribution in [0.15, 0.2) is 42.5 Å². The molecule has 2 amide bonds. The number of carbonyl (C=O) groups excluding carboxylic acids is 3. The van der Waals surface area contributed by atoms with E-state index in [0.29, 0.717) is 27.8 Å². The number of rotatable bonds is 6. The first-order valence-electron chi connectivity index (χ1n) is 8.47. The molecule has 0 saturated carbocycles. The molecule has 1 atom stereocenters. The summed E-state index contributed by atoms with van der Waals surface area (Å²) in [7, 11) is 0. The van der Waals surface area contributed by atoms with E-state index in [4.69, 9.17) is 5.11 Å². The highest BCUT2D eigenvalue weighted by Gasteiger charge is 2.30. The van der Waals surface area contributed by atoms with Gasteiger partial charge in [0.2, 0.25) is 5.91 Å². The summed E-state index contributed by atoms with van der Waals surface area (Å²) in [4.78, 5) is 47.7. The lowest BCUT2D eigenvalue weighted by atomic mass is 9.98. The van der Waals surface area contributed by atoms with Gasteiger partial charge in [0.25, 0.3) is 5.91 Å². The second kappa shape index (κ2) is 7.41. The van der Waals surface area contributed by atoms with Crippen molar-refractivity contribution in [3.05, 3.63) is 59.2 Å². The van der Waals surface area contributed by atoms with Crippen molar-refractivity contribution in [3.8, 4) is 11.1 Å². The van der Waals surface area contributed by atoms with E-state index in [0.717, 1.165) is 0 Å². The van der Waals surface area contributed by atoms with Crippen molar-refractivity contribution in [1.82, 2.24) is 10.6 Å². The third kappa shape index (κ3) is 3.57. The predicted molar refractivity (Wildman–Crippen MR) is 97.5 cm³/mol. The van der Waals surface area contributed by atoms with Gasteiger partial charge in [0.05, 0.1) is 6.42 Å². The molecule has 0 fully saturated rings. The summed E-state index contributed by atoms with van der Waals surface area (Å²) in [5.74, 6) is -2.10. The molecule has 2 aromatic carbocycles. The minimum atomic E-state index is -1.02. The van der Waals surface area contributed by atoms with E-state index in [2.05, 4.69) is 10.6 Å². The molecule has 1 aliphatic carbocycles. The number of hydrogen-bond acceptors (Lipinski definition) is 4. The maximum Gasteiger partial charge on any atom is 0.305 e. The Bertz CT molecular complexity index is 951. The lowest BCUT2D eigenvalue weighted by molar-refractivity contribution is -0.137. The van der Waals surface area contributed by atoms with Crippen molar-refractivity contribution in [1.29, 1.82) is 0 Å². The molecular weight excluding hydrogens is 348 g/mol. The van der Waals surface area contributed by atoms with Crippen LogP contribution in [0.2, 0.25) is 0 Å². The van der Waals surface area contributed by atoms with Gasteiger partial charge in [-0.15, -0.1) is 0 Å². The van der Waals surface area contributed by atoms with Gasteiger partial charge in [-0.1, -0.05) is 36.4 Å². The Kier molecular flexibility index (Phi) is 5.03. The molecule has 0 aliphatic heterocycles. The molecule has 0 aromatic heterocycles. The molecule has 3 N–H and O–H groups in total. The number of carbonyl (C=O) groups is 4. The summed E-state index contributed by atoms with van der Waals surface area (Å²) in [6.07, 6.45) is -0.197. The largest absolute Gasteiger partial charge is 0.481 e. The SMILES string of the molecule is CC(NC(=O)c1cccc2c1-c1ccccc1C2=O)C(=O)NCCC(=O)O. The molecule has 0 spiro atoms. The molecule has 7 heteroatoms. The van der Waals surface area contributed by atoms with Gasteiger partial charge in [0.15, 0.2) is 5.78 Å². The predicted octanol–water partition coefficient (Wildman–Crippen LogP) is 1.61. The van der Waals surface area contributed by atoms with Crippen LogP contribution in [0.25, 0.3) is 11.1 Å². The smallest absolute Gasteiger partial charge is 0.305 e. The lowest BCUT2D eigenvalue weighted by Crippen LogP contribution is -2.45. The fourth-order valence-electron chi connectivity index (χ4n) is 3.05. The Balaban J connectivity index is 1.79. The van der Waals surface area contributed by atoms with Crippen molar-refractivity contribution < 1.29 is 24.3 Å². The maximum atomic E-state index is 12.7. The van der Waals surface area contributed by atoms with Crippen LogP contribution >= 0.6 is 0 Å². The number of nitrogens with one attached hydrogen (secondary N) is 2. The van der Waals surface area contributed by atoms with Crippen LogP contribution in [-0.4, -0.2) is 41.3 Å². The highest BCUT2D eigenvalue weighted by molar-refractivity contribution is 6.24. The topological polar surface area (TPSA) is 113 Å². The quantitative estimate of drug-likeness (QED) is 0.613. The van der Waals surface area contributed by atoms with Gasteiger partial charge in [0.1, 0.15) is 6.04 Å². The third-order valence-electron chi connectivity index (χ3n) is 4.37. The van der Waals surface area contributed by atoms with E-state index in [1.54, 1.807) is 42.5 Å². The van der Waals surface area contributed by atoms with Crippen LogP contribution in [0.3, 0.4) is 0 Å². The molecule has 0 radical (unpaired) electrons. The molecule has 0 saturated heterocycles. The van der Waals surface area contributed by atoms with Crippen molar-refractivity contribution in [3.63, 3.8) is 0 Å². The third-order valence-corrected chi connectivity index (χ3v) is 4.37. The van der Waals surface area contributed by atoms with Gasteiger partial charge in [-0.25, -0.2) is 0 Å². The summed E-state index contributed by atoms with van der Waals surface area (Å²) >= 11 is 0. The average molecular weight is 366 g/mol. The number of amides is 2. The maximum absolute atomic E-state index is 12.7. The summed E-state index contributed by atoms with van der Waals surface area (Å²) in [5.41, 5.74) is 2.58. The van der Waals surface area contributed by atoms with E-state index in [1.165, 1.54) is 6.92 Å². The van der Waals surface area contributed by atoms with Crippen LogP contribution in [0.5, 0.6) is 0 Å². The van der Waals surface area contributed by atoms with E-state index in [-0.39, 0.29) is 18.7 Å². The molecule has 3 rings (SSSR count). The number of carboxylic acids is 1. The van der Waals surface area contributed by atoms with Crippen LogP contribution in [-0.2, 0) is 9.59 Å². The first kappa shape index (κ1) is 18.3. The second-order valence-electron chi connectivity index (χ2n) is 6.23. The summed E-state index contributed by atoms with van der Waals surface area (Å²) < 4.78 is 0. The molecular formula is C20H18N2O5. The first-order chi connectivity index (χ1) is 12.9. The zero-order valence-corrected chi connectivity index (χ0v) is 14.6. The molecule has 7 nitrogen and oxygen atoms in total. The summed E-state index contributed by atoms with van der Waals surface area (Å²) in [6, 6.07) is 11.1. The van der Waals surface area contributed by atoms with Gasteiger partial charge >= 0.3 is 5.97 Å². The van der Waals surface area contributed by atoms with Crippen LogP contribution < -0.4 is 10.6 Å². The Morgan fingerprint density at radius 1 is 1.00 bits per heavy atom. The molecule has 1 unspecified atom stereocenters. The average Bonchev–Trinajstić information content (AvgIpc) is 2.94. The number of hydrogen-bond donors (Lipinski definition) is 3. The molecule has 0 bridgehead atoms. The van der Waals surface area contributed by atoms with Gasteiger partial charge in [-0.2, -0.15) is 0 Å². The Hall–Kier alpha value is -3.48. The highest BCUT2D eigenvalue weighted by Crippen LogP contribution is 2.38. The molecule has 27 heavy (non-hydrogen) atoms. The highest BCUT2D eigenvalue weighted by atomic mass is 16.4. The van der Waals surface area contributed by atoms with Crippen LogP contribution in [0.4, 0.5) is 0 Å². The monoisotopic (exact) mass is 366 g/mol. The van der Waals surface area contributed by atoms with Crippen molar-refractivity contribution in [2.75, 3.05) is 6.54 Å². The fourth-order valence-corrected chi connectivity index (χ4v) is 3.05. The minimum Gasteiger partial charge on any atom is -0.481 e. The van der Waals surface area contributed by atoms with Crippen LogP contribution in [0, 0.1) is 0 Å². The number of aliphatic carboxylic acids is 1. The fraction of sp³-hybridized carbons (Fsp3) is 0.200. The zero-order valence-electron chi connectivity index (χ0n) is 14.6. The number of ketones is 1. The number of benzene rings is 2. The number of fused-ring (bicyclic) bond motifs is 3. The Morgan fingerprint density at radius 3 is 2.37 bits per heavy atom. The molecule has 1 aliphatic rings. The van der Waals surface area contributed by atoms with E-state index >= 15 is 0 Å². The minimum absolute atomic E-state index is 0.0169. The van der Waals surface area contributed by atoms with Gasteiger partial charge in [0, 0.05) is 28.8 Å². The zero-order chi connectivity index (χ0) is 19.6. The van der Waals surface area contributed by atoms with Crippen molar-refractivity contribution in [2.45, 2.75) is 19.4 Å². The van der Waals surface area contributed by atoms with Gasteiger partial charge in [-0.3, -0.25) is 19.2 Å². The molecule has 0 heterocycles. The summed E-state index contributed by atoms with van der Waals surface area (Å²) in [6.45, 7) is 1.49. The summed E-state index contributed by atoms with van der Waals surface area (Å²) in [5, 5.41) is 13.7. The van der Waals surface area contributed by atoms with E-state index < -0.39 is 23.8 Å². The number of carboxylic acid groups (broad SMARTS) is 1. The second-order valence-corrected chi connectivity index (χ2v) is 6.23. The van der Waals surface area contributed by atoms with Crippen LogP contribution in [0.1, 0.15) is 39.6 Å². The normalized spacial score (nSPS) is 12.7. The van der Waals surface area contributed by atoms with E-state index in [1.807, 2.05) is 0 Å². The Morgan fingerprint density at radius 2 is 1.67 bits per heavy atom. The van der Waals surface area contributed by atoms with Gasteiger partial charge in [-0.05, 0) is 18.6 Å². The molecule has 138 valence electrons. The standard InChI is InChI=1S/C20H18N2O5/c1-11(19(26)21-10-9-16(23)24)22-20(27)15-8-4-7-14-17(15)12-5-2-3-6-13(12)18(14)25/h2-8,11H,9-10H2,1H3,(H,21,26)(H,22,27)(H,23,24). The van der Waals surface area contributed by atoms with E-state index in [9.17, 15) is 19.2 Å².